The minimum absolute atomic E-state index is 0.0255. The fraction of sp³-hybridized carbons (Fsp3) is 0.543. The molecule has 0 unspecified atom stereocenters. The van der Waals surface area contributed by atoms with Crippen LogP contribution in [0, 0.1) is 25.7 Å². The lowest BCUT2D eigenvalue weighted by molar-refractivity contribution is -0.144. The van der Waals surface area contributed by atoms with Crippen LogP contribution in [0.4, 0.5) is 0 Å². The Morgan fingerprint density at radius 1 is 0.585 bits per heavy atom. The van der Waals surface area contributed by atoms with Crippen molar-refractivity contribution in [1.82, 2.24) is 0 Å². The Morgan fingerprint density at radius 3 is 0.951 bits per heavy atom. The summed E-state index contributed by atoms with van der Waals surface area (Å²) in [6.45, 7) is 24.3. The average molecular weight is 575 g/mol. The van der Waals surface area contributed by atoms with Gasteiger partial charge >= 0.3 is 11.9 Å². The van der Waals surface area contributed by atoms with E-state index >= 15 is 0 Å². The molecule has 2 rings (SSSR count). The molecule has 0 amide bonds. The minimum atomic E-state index is -0.213. The molecule has 0 fully saturated rings. The third-order valence-electron chi connectivity index (χ3n) is 4.02. The minimum Gasteiger partial charge on any atom is -0.466 e. The summed E-state index contributed by atoms with van der Waals surface area (Å²) in [4.78, 5) is 40.4. The van der Waals surface area contributed by atoms with Gasteiger partial charge in [-0.25, -0.2) is 0 Å². The summed E-state index contributed by atoms with van der Waals surface area (Å²) in [7, 11) is 0. The van der Waals surface area contributed by atoms with Crippen LogP contribution in [0.1, 0.15) is 100 Å². The van der Waals surface area contributed by atoms with Crippen molar-refractivity contribution in [2.24, 2.45) is 11.8 Å². The van der Waals surface area contributed by atoms with E-state index in [0.717, 1.165) is 12.8 Å². The zero-order chi connectivity index (χ0) is 32.8. The van der Waals surface area contributed by atoms with Gasteiger partial charge in [0.1, 0.15) is 11.6 Å². The normalized spacial score (nSPS) is 8.98. The van der Waals surface area contributed by atoms with E-state index < -0.39 is 0 Å². The topological polar surface area (TPSA) is 86.7 Å². The molecular weight excluding hydrogens is 516 g/mol. The van der Waals surface area contributed by atoms with Crippen molar-refractivity contribution in [3.8, 4) is 0 Å². The highest BCUT2D eigenvalue weighted by Crippen LogP contribution is 1.98. The summed E-state index contributed by atoms with van der Waals surface area (Å²) in [5.41, 5.74) is 2.64. The quantitative estimate of drug-likeness (QED) is 0.321. The molecule has 0 heterocycles. The number of hydrogen-bond donors (Lipinski definition) is 0. The van der Waals surface area contributed by atoms with Gasteiger partial charge in [-0.2, -0.15) is 0 Å². The highest BCUT2D eigenvalue weighted by Gasteiger charge is 1.96. The van der Waals surface area contributed by atoms with Crippen LogP contribution in [-0.4, -0.2) is 36.2 Å². The van der Waals surface area contributed by atoms with Crippen molar-refractivity contribution in [1.29, 1.82) is 0 Å². The molecule has 234 valence electrons. The van der Waals surface area contributed by atoms with E-state index in [0.29, 0.717) is 18.4 Å². The van der Waals surface area contributed by atoms with Gasteiger partial charge in [-0.05, 0) is 60.3 Å². The van der Waals surface area contributed by atoms with Gasteiger partial charge in [0, 0.05) is 26.7 Å². The molecule has 0 bridgehead atoms. The van der Waals surface area contributed by atoms with Crippen LogP contribution in [0.3, 0.4) is 0 Å². The van der Waals surface area contributed by atoms with Gasteiger partial charge in [-0.3, -0.25) is 9.59 Å². The first-order chi connectivity index (χ1) is 18.9. The van der Waals surface area contributed by atoms with Gasteiger partial charge in [-0.1, -0.05) is 99.5 Å². The maximum absolute atomic E-state index is 10.3. The lowest BCUT2D eigenvalue weighted by Crippen LogP contribution is -2.06. The smallest absolute Gasteiger partial charge is 0.302 e. The van der Waals surface area contributed by atoms with Gasteiger partial charge in [0.25, 0.3) is 0 Å². The average Bonchev–Trinajstić information content (AvgIpc) is 2.79. The molecule has 0 aliphatic rings. The summed E-state index contributed by atoms with van der Waals surface area (Å²) in [6.07, 6.45) is 1.47. The molecule has 0 saturated carbocycles. The Morgan fingerprint density at radius 2 is 0.902 bits per heavy atom. The molecule has 0 saturated heterocycles. The number of Topliss-reactive ketones (excluding diaryl/α,β-unsaturated/α-hetero) is 2. The van der Waals surface area contributed by atoms with E-state index in [9.17, 15) is 19.2 Å². The molecule has 6 nitrogen and oxygen atoms in total. The van der Waals surface area contributed by atoms with E-state index in [1.807, 2.05) is 77.9 Å². The van der Waals surface area contributed by atoms with Crippen molar-refractivity contribution in [3.05, 3.63) is 71.8 Å². The fourth-order valence-electron chi connectivity index (χ4n) is 2.75. The van der Waals surface area contributed by atoms with Gasteiger partial charge in [-0.15, -0.1) is 0 Å². The Balaban J connectivity index is -0.000000201. The second-order valence-electron chi connectivity index (χ2n) is 10.5. The number of carbonyl (C=O) groups excluding carboxylic acids is 4. The van der Waals surface area contributed by atoms with Crippen LogP contribution in [0.2, 0.25) is 0 Å². The molecular formula is C35H58O6. The molecule has 0 radical (unpaired) electrons. The Bertz CT molecular complexity index is 802. The third kappa shape index (κ3) is 57.6. The number of aryl methyl sites for hydroxylation is 2. The van der Waals surface area contributed by atoms with E-state index in [-0.39, 0.29) is 29.6 Å². The van der Waals surface area contributed by atoms with Gasteiger partial charge in [0.2, 0.25) is 0 Å². The summed E-state index contributed by atoms with van der Waals surface area (Å²) >= 11 is 0. The standard InChI is InChI=1S/2C7H8.2C6H12O.C5H10O2.C4H8O2/c2*1-7-5-3-2-4-6-7;2*1-5(2)4-6(3)7;1-4(2)7-5(3)6;1-3-6-4(2)5/h2*2-6H,1H3;2*5H,4H2,1-3H3;4H,1-3H3;3H2,1-2H3. The number of esters is 2. The first-order valence-corrected chi connectivity index (χ1v) is 14.3. The highest BCUT2D eigenvalue weighted by atomic mass is 16.5. The van der Waals surface area contributed by atoms with Crippen LogP contribution in [-0.2, 0) is 28.7 Å². The van der Waals surface area contributed by atoms with Crippen LogP contribution in [0.5, 0.6) is 0 Å². The summed E-state index contributed by atoms with van der Waals surface area (Å²) in [6, 6.07) is 20.5. The molecule has 2 aromatic rings. The maximum atomic E-state index is 10.3. The van der Waals surface area contributed by atoms with E-state index in [4.69, 9.17) is 0 Å². The molecule has 0 aromatic heterocycles. The molecule has 0 N–H and O–H groups in total. The summed E-state index contributed by atoms with van der Waals surface area (Å²) in [5, 5.41) is 0. The van der Waals surface area contributed by atoms with Crippen molar-refractivity contribution in [2.75, 3.05) is 6.61 Å². The second kappa shape index (κ2) is 31.3. The Hall–Kier alpha value is -3.28. The zero-order valence-corrected chi connectivity index (χ0v) is 28.1. The van der Waals surface area contributed by atoms with Gasteiger partial charge < -0.3 is 19.1 Å². The monoisotopic (exact) mass is 574 g/mol. The van der Waals surface area contributed by atoms with Crippen LogP contribution in [0.25, 0.3) is 0 Å². The molecule has 2 aromatic carbocycles. The Kier molecular flexibility index (Phi) is 34.1. The predicted molar refractivity (Wildman–Crippen MR) is 172 cm³/mol. The largest absolute Gasteiger partial charge is 0.466 e. The predicted octanol–water partition coefficient (Wildman–Crippen LogP) is 8.76. The van der Waals surface area contributed by atoms with E-state index in [1.165, 1.54) is 25.0 Å². The number of rotatable bonds is 6. The molecule has 6 heteroatoms. The second-order valence-corrected chi connectivity index (χ2v) is 10.5. The summed E-state index contributed by atoms with van der Waals surface area (Å²) < 4.78 is 9.01. The zero-order valence-electron chi connectivity index (χ0n) is 28.1. The molecule has 0 aliphatic heterocycles. The van der Waals surface area contributed by atoms with E-state index in [1.54, 1.807) is 20.8 Å². The Labute approximate surface area is 251 Å². The number of ether oxygens (including phenoxy) is 2. The number of ketones is 2. The lowest BCUT2D eigenvalue weighted by Gasteiger charge is -2.01. The maximum Gasteiger partial charge on any atom is 0.302 e. The van der Waals surface area contributed by atoms with Gasteiger partial charge in [0.15, 0.2) is 0 Å². The number of hydrogen-bond acceptors (Lipinski definition) is 6. The first kappa shape index (κ1) is 44.7. The van der Waals surface area contributed by atoms with E-state index in [2.05, 4.69) is 47.6 Å². The molecule has 41 heavy (non-hydrogen) atoms. The molecule has 0 spiro atoms. The van der Waals surface area contributed by atoms with Crippen LogP contribution >= 0.6 is 0 Å². The number of carbonyl (C=O) groups is 4. The number of benzene rings is 2. The highest BCUT2D eigenvalue weighted by molar-refractivity contribution is 5.75. The summed E-state index contributed by atoms with van der Waals surface area (Å²) in [5.74, 6) is 1.20. The van der Waals surface area contributed by atoms with Crippen molar-refractivity contribution < 1.29 is 28.7 Å². The van der Waals surface area contributed by atoms with Gasteiger partial charge in [0.05, 0.1) is 12.7 Å². The SMILES string of the molecule is CC(=O)CC(C)C.CC(=O)CC(C)C.CC(=O)OC(C)C.CCOC(C)=O.Cc1ccccc1.Cc1ccccc1. The molecule has 0 atom stereocenters. The van der Waals surface area contributed by atoms with Crippen molar-refractivity contribution in [3.63, 3.8) is 0 Å². The van der Waals surface area contributed by atoms with Crippen molar-refractivity contribution in [2.45, 2.75) is 109 Å². The first-order valence-electron chi connectivity index (χ1n) is 14.3. The lowest BCUT2D eigenvalue weighted by atomic mass is 10.1. The molecule has 0 aliphatic carbocycles. The van der Waals surface area contributed by atoms with Crippen molar-refractivity contribution >= 4 is 23.5 Å². The fourth-order valence-corrected chi connectivity index (χ4v) is 2.75. The van der Waals surface area contributed by atoms with Crippen LogP contribution in [0.15, 0.2) is 60.7 Å². The third-order valence-corrected chi connectivity index (χ3v) is 4.02. The van der Waals surface area contributed by atoms with Crippen LogP contribution < -0.4 is 0 Å².